The van der Waals surface area contributed by atoms with Gasteiger partial charge in [0.05, 0.1) is 7.11 Å². The SMILES string of the molecule is COC1=NCO[CH]1. The molecule has 1 radical (unpaired) electrons. The maximum Gasteiger partial charge on any atom is 0.218 e. The van der Waals surface area contributed by atoms with Crippen molar-refractivity contribution in [3.63, 3.8) is 0 Å². The highest BCUT2D eigenvalue weighted by atomic mass is 16.5. The molecule has 0 spiro atoms. The van der Waals surface area contributed by atoms with Gasteiger partial charge in [0, 0.05) is 0 Å². The second-order valence-corrected chi connectivity index (χ2v) is 1.11. The number of hydrogen-bond donors (Lipinski definition) is 0. The smallest absolute Gasteiger partial charge is 0.218 e. The van der Waals surface area contributed by atoms with Gasteiger partial charge in [0.25, 0.3) is 0 Å². The molecule has 0 bridgehead atoms. The van der Waals surface area contributed by atoms with Gasteiger partial charge in [-0.1, -0.05) is 0 Å². The molecule has 39 valence electrons. The second-order valence-electron chi connectivity index (χ2n) is 1.11. The molecule has 0 unspecified atom stereocenters. The van der Waals surface area contributed by atoms with E-state index in [-0.39, 0.29) is 0 Å². The summed E-state index contributed by atoms with van der Waals surface area (Å²) in [5.41, 5.74) is 0. The van der Waals surface area contributed by atoms with Crippen LogP contribution in [0.15, 0.2) is 4.99 Å². The third-order valence-electron chi connectivity index (χ3n) is 0.688. The lowest BCUT2D eigenvalue weighted by atomic mass is 10.7. The van der Waals surface area contributed by atoms with Gasteiger partial charge < -0.3 is 9.47 Å². The topological polar surface area (TPSA) is 30.8 Å². The van der Waals surface area contributed by atoms with Crippen molar-refractivity contribution < 1.29 is 9.47 Å². The van der Waals surface area contributed by atoms with Gasteiger partial charge in [0.1, 0.15) is 6.73 Å². The molecule has 0 aliphatic carbocycles. The van der Waals surface area contributed by atoms with Crippen molar-refractivity contribution >= 4 is 5.90 Å². The fourth-order valence-electron chi connectivity index (χ4n) is 0.359. The number of nitrogens with zero attached hydrogens (tertiary/aromatic N) is 1. The molecule has 3 nitrogen and oxygen atoms in total. The van der Waals surface area contributed by atoms with E-state index in [4.69, 9.17) is 4.74 Å². The van der Waals surface area contributed by atoms with Crippen molar-refractivity contribution in [2.75, 3.05) is 13.8 Å². The van der Waals surface area contributed by atoms with E-state index in [0.29, 0.717) is 12.6 Å². The molecule has 0 atom stereocenters. The molecule has 1 heterocycles. The van der Waals surface area contributed by atoms with E-state index in [1.54, 1.807) is 7.11 Å². The van der Waals surface area contributed by atoms with E-state index in [9.17, 15) is 0 Å². The first kappa shape index (κ1) is 4.59. The average molecular weight is 100 g/mol. The van der Waals surface area contributed by atoms with Gasteiger partial charge in [-0.05, 0) is 0 Å². The van der Waals surface area contributed by atoms with Crippen LogP contribution in [-0.4, -0.2) is 19.7 Å². The Morgan fingerprint density at radius 3 is 3.14 bits per heavy atom. The summed E-state index contributed by atoms with van der Waals surface area (Å²) in [6, 6.07) is 0. The number of ether oxygens (including phenoxy) is 2. The van der Waals surface area contributed by atoms with Crippen LogP contribution in [0.3, 0.4) is 0 Å². The normalized spacial score (nSPS) is 19.3. The van der Waals surface area contributed by atoms with E-state index < -0.39 is 0 Å². The van der Waals surface area contributed by atoms with Crippen LogP contribution in [0.1, 0.15) is 0 Å². The second kappa shape index (κ2) is 1.93. The molecule has 1 aliphatic rings. The third-order valence-corrected chi connectivity index (χ3v) is 0.688. The lowest BCUT2D eigenvalue weighted by molar-refractivity contribution is 0.247. The average Bonchev–Trinajstić information content (AvgIpc) is 2.14. The molecular formula is C4H6NO2. The molecule has 0 fully saturated rings. The van der Waals surface area contributed by atoms with Crippen LogP contribution < -0.4 is 0 Å². The van der Waals surface area contributed by atoms with E-state index in [1.165, 1.54) is 6.61 Å². The molecule has 0 saturated carbocycles. The van der Waals surface area contributed by atoms with Crippen molar-refractivity contribution in [3.8, 4) is 0 Å². The summed E-state index contributed by atoms with van der Waals surface area (Å²) in [7, 11) is 1.56. The number of rotatable bonds is 0. The summed E-state index contributed by atoms with van der Waals surface area (Å²) in [5.74, 6) is 0.569. The minimum absolute atomic E-state index is 0.406. The van der Waals surface area contributed by atoms with Crippen LogP contribution in [0.25, 0.3) is 0 Å². The fraction of sp³-hybridized carbons (Fsp3) is 0.500. The van der Waals surface area contributed by atoms with Gasteiger partial charge >= 0.3 is 0 Å². The zero-order chi connectivity index (χ0) is 5.11. The van der Waals surface area contributed by atoms with Crippen LogP contribution in [0.2, 0.25) is 0 Å². The zero-order valence-corrected chi connectivity index (χ0v) is 4.05. The summed E-state index contributed by atoms with van der Waals surface area (Å²) in [4.78, 5) is 3.77. The Labute approximate surface area is 42.0 Å². The summed E-state index contributed by atoms with van der Waals surface area (Å²) in [6.07, 6.45) is 0. The van der Waals surface area contributed by atoms with Gasteiger partial charge in [-0.25, -0.2) is 4.99 Å². The Bertz CT molecular complexity index is 89.7. The lowest BCUT2D eigenvalue weighted by Crippen LogP contribution is -1.95. The quantitative estimate of drug-likeness (QED) is 0.434. The standard InChI is InChI=1S/C4H6NO2/c1-6-4-2-7-3-5-4/h2H,3H2,1H3. The van der Waals surface area contributed by atoms with E-state index in [2.05, 4.69) is 9.73 Å². The molecule has 3 heteroatoms. The van der Waals surface area contributed by atoms with Crippen molar-refractivity contribution in [3.05, 3.63) is 6.61 Å². The molecule has 0 amide bonds. The Balaban J connectivity index is 2.36. The summed E-state index contributed by atoms with van der Waals surface area (Å²) < 4.78 is 9.37. The minimum Gasteiger partial charge on any atom is -0.482 e. The van der Waals surface area contributed by atoms with Gasteiger partial charge in [-0.15, -0.1) is 0 Å². The highest BCUT2D eigenvalue weighted by molar-refractivity contribution is 5.84. The maximum atomic E-state index is 4.69. The van der Waals surface area contributed by atoms with Gasteiger partial charge in [-0.3, -0.25) is 0 Å². The minimum atomic E-state index is 0.406. The fourth-order valence-corrected chi connectivity index (χ4v) is 0.359. The summed E-state index contributed by atoms with van der Waals surface area (Å²) in [5, 5.41) is 0. The van der Waals surface area contributed by atoms with Crippen molar-refractivity contribution in [2.45, 2.75) is 0 Å². The summed E-state index contributed by atoms with van der Waals surface area (Å²) in [6.45, 7) is 1.89. The number of methoxy groups -OCH3 is 1. The van der Waals surface area contributed by atoms with Crippen molar-refractivity contribution in [1.29, 1.82) is 0 Å². The Morgan fingerprint density at radius 2 is 2.86 bits per heavy atom. The largest absolute Gasteiger partial charge is 0.482 e. The molecule has 0 aromatic rings. The first-order valence-corrected chi connectivity index (χ1v) is 1.97. The van der Waals surface area contributed by atoms with Gasteiger partial charge in [-0.2, -0.15) is 0 Å². The monoisotopic (exact) mass is 100 g/mol. The van der Waals surface area contributed by atoms with Crippen molar-refractivity contribution in [1.82, 2.24) is 0 Å². The molecule has 0 N–H and O–H groups in total. The van der Waals surface area contributed by atoms with E-state index in [1.807, 2.05) is 0 Å². The highest BCUT2D eigenvalue weighted by Gasteiger charge is 2.04. The Morgan fingerprint density at radius 1 is 2.00 bits per heavy atom. The van der Waals surface area contributed by atoms with E-state index >= 15 is 0 Å². The van der Waals surface area contributed by atoms with Gasteiger partial charge in [0.2, 0.25) is 5.90 Å². The Kier molecular flexibility index (Phi) is 1.26. The first-order valence-electron chi connectivity index (χ1n) is 1.97. The van der Waals surface area contributed by atoms with E-state index in [0.717, 1.165) is 0 Å². The number of hydrogen-bond acceptors (Lipinski definition) is 3. The van der Waals surface area contributed by atoms with Crippen LogP contribution in [0.5, 0.6) is 0 Å². The lowest BCUT2D eigenvalue weighted by Gasteiger charge is -1.89. The zero-order valence-electron chi connectivity index (χ0n) is 4.05. The van der Waals surface area contributed by atoms with Crippen LogP contribution in [-0.2, 0) is 9.47 Å². The van der Waals surface area contributed by atoms with Crippen LogP contribution >= 0.6 is 0 Å². The van der Waals surface area contributed by atoms with Crippen molar-refractivity contribution in [2.24, 2.45) is 4.99 Å². The molecule has 7 heavy (non-hydrogen) atoms. The molecule has 1 aliphatic heterocycles. The summed E-state index contributed by atoms with van der Waals surface area (Å²) >= 11 is 0. The molecule has 0 aromatic heterocycles. The molecular weight excluding hydrogens is 94.0 g/mol. The van der Waals surface area contributed by atoms with Crippen LogP contribution in [0, 0.1) is 6.61 Å². The third kappa shape index (κ3) is 0.899. The highest BCUT2D eigenvalue weighted by Crippen LogP contribution is 1.97. The molecule has 0 saturated heterocycles. The van der Waals surface area contributed by atoms with Crippen LogP contribution in [0.4, 0.5) is 0 Å². The van der Waals surface area contributed by atoms with Gasteiger partial charge in [0.15, 0.2) is 6.61 Å². The predicted molar refractivity (Wildman–Crippen MR) is 24.7 cm³/mol. The Hall–Kier alpha value is -0.570. The predicted octanol–water partition coefficient (Wildman–Crippen LogP) is 0.181. The molecule has 0 aromatic carbocycles. The first-order chi connectivity index (χ1) is 3.43. The number of aliphatic imine (C=N–C) groups is 1. The maximum absolute atomic E-state index is 4.69. The molecule has 1 rings (SSSR count).